The number of aldehydes is 1. The van der Waals surface area contributed by atoms with Gasteiger partial charge in [0.2, 0.25) is 0 Å². The molecular weight excluding hydrogens is 178 g/mol. The summed E-state index contributed by atoms with van der Waals surface area (Å²) in [6.07, 6.45) is 0.451. The van der Waals surface area contributed by atoms with E-state index in [-0.39, 0.29) is 12.1 Å². The number of ether oxygens (including phenoxy) is 1. The van der Waals surface area contributed by atoms with E-state index in [2.05, 4.69) is 5.32 Å². The predicted molar refractivity (Wildman–Crippen MR) is 54.7 cm³/mol. The lowest BCUT2D eigenvalue weighted by molar-refractivity contribution is -0.114. The molecule has 2 unspecified atom stereocenters. The Morgan fingerprint density at radius 2 is 2.29 bits per heavy atom. The van der Waals surface area contributed by atoms with Gasteiger partial charge in [-0.05, 0) is 31.5 Å². The van der Waals surface area contributed by atoms with Crippen LogP contribution in [-0.4, -0.2) is 18.4 Å². The molecule has 0 fully saturated rings. The van der Waals surface area contributed by atoms with Crippen molar-refractivity contribution in [2.24, 2.45) is 0 Å². The molecule has 2 rings (SSSR count). The molecular formula is C11H13NO2. The van der Waals surface area contributed by atoms with Gasteiger partial charge >= 0.3 is 0 Å². The third kappa shape index (κ3) is 1.45. The van der Waals surface area contributed by atoms with Crippen molar-refractivity contribution in [1.82, 2.24) is 0 Å². The summed E-state index contributed by atoms with van der Waals surface area (Å²) in [6, 6.07) is 5.96. The number of aryl methyl sites for hydroxylation is 1. The molecule has 0 aromatic heterocycles. The number of nitrogens with one attached hydrogen (secondary N) is 1. The van der Waals surface area contributed by atoms with Crippen molar-refractivity contribution in [3.8, 4) is 5.75 Å². The van der Waals surface area contributed by atoms with E-state index in [4.69, 9.17) is 4.74 Å². The zero-order valence-corrected chi connectivity index (χ0v) is 8.28. The number of carbonyl (C=O) groups is 1. The number of hydrogen-bond donors (Lipinski definition) is 1. The molecule has 0 radical (unpaired) electrons. The minimum absolute atomic E-state index is 0.0303. The van der Waals surface area contributed by atoms with Gasteiger partial charge in [0.15, 0.2) is 12.4 Å². The number of rotatable bonds is 1. The maximum Gasteiger partial charge on any atom is 0.173 e. The van der Waals surface area contributed by atoms with Gasteiger partial charge in [-0.3, -0.25) is 4.79 Å². The number of fused-ring (bicyclic) bond motifs is 1. The summed E-state index contributed by atoms with van der Waals surface area (Å²) in [5.41, 5.74) is 2.09. The molecule has 3 heteroatoms. The lowest BCUT2D eigenvalue weighted by Gasteiger charge is -2.29. The molecule has 0 spiro atoms. The Labute approximate surface area is 83.1 Å². The van der Waals surface area contributed by atoms with Crippen molar-refractivity contribution >= 4 is 12.0 Å². The first kappa shape index (κ1) is 9.06. The van der Waals surface area contributed by atoms with Crippen LogP contribution in [0.2, 0.25) is 0 Å². The third-order valence-corrected chi connectivity index (χ3v) is 2.41. The Bertz CT molecular complexity index is 362. The van der Waals surface area contributed by atoms with E-state index in [0.717, 1.165) is 23.3 Å². The highest BCUT2D eigenvalue weighted by Gasteiger charge is 2.25. The normalized spacial score (nSPS) is 24.4. The Morgan fingerprint density at radius 3 is 3.00 bits per heavy atom. The lowest BCUT2D eigenvalue weighted by atomic mass is 10.1. The molecule has 0 aliphatic carbocycles. The van der Waals surface area contributed by atoms with Crippen LogP contribution in [0.4, 0.5) is 5.69 Å². The largest absolute Gasteiger partial charge is 0.479 e. The van der Waals surface area contributed by atoms with E-state index in [1.54, 1.807) is 0 Å². The quantitative estimate of drug-likeness (QED) is 0.687. The minimum Gasteiger partial charge on any atom is -0.479 e. The Kier molecular flexibility index (Phi) is 2.15. The van der Waals surface area contributed by atoms with Crippen molar-refractivity contribution in [3.63, 3.8) is 0 Å². The van der Waals surface area contributed by atoms with Crippen LogP contribution in [0.5, 0.6) is 5.75 Å². The fourth-order valence-electron chi connectivity index (χ4n) is 1.57. The number of carbonyl (C=O) groups excluding carboxylic acids is 1. The van der Waals surface area contributed by atoms with Gasteiger partial charge < -0.3 is 10.1 Å². The molecule has 1 aromatic rings. The van der Waals surface area contributed by atoms with E-state index < -0.39 is 0 Å². The zero-order valence-electron chi connectivity index (χ0n) is 8.28. The fraction of sp³-hybridized carbons (Fsp3) is 0.364. The Hall–Kier alpha value is -1.51. The molecule has 74 valence electrons. The van der Waals surface area contributed by atoms with Gasteiger partial charge in [-0.1, -0.05) is 6.07 Å². The van der Waals surface area contributed by atoms with Crippen LogP contribution in [0.1, 0.15) is 12.5 Å². The first-order chi connectivity index (χ1) is 6.70. The van der Waals surface area contributed by atoms with Crippen LogP contribution in [0, 0.1) is 6.92 Å². The van der Waals surface area contributed by atoms with Crippen LogP contribution in [-0.2, 0) is 4.79 Å². The highest BCUT2D eigenvalue weighted by molar-refractivity contribution is 5.67. The smallest absolute Gasteiger partial charge is 0.173 e. The summed E-state index contributed by atoms with van der Waals surface area (Å²) in [4.78, 5) is 10.7. The van der Waals surface area contributed by atoms with Crippen molar-refractivity contribution in [2.45, 2.75) is 26.0 Å². The van der Waals surface area contributed by atoms with Crippen LogP contribution >= 0.6 is 0 Å². The monoisotopic (exact) mass is 191 g/mol. The van der Waals surface area contributed by atoms with Gasteiger partial charge in [0.05, 0.1) is 11.7 Å². The molecule has 1 aliphatic heterocycles. The Balaban J connectivity index is 2.35. The minimum atomic E-state index is -0.385. The average Bonchev–Trinajstić information content (AvgIpc) is 2.17. The van der Waals surface area contributed by atoms with Gasteiger partial charge in [-0.15, -0.1) is 0 Å². The van der Waals surface area contributed by atoms with Crippen molar-refractivity contribution in [3.05, 3.63) is 23.8 Å². The fourth-order valence-corrected chi connectivity index (χ4v) is 1.57. The SMILES string of the molecule is Cc1ccc2c(c1)OC(C=O)C(C)N2. The summed E-state index contributed by atoms with van der Waals surface area (Å²) >= 11 is 0. The van der Waals surface area contributed by atoms with Crippen molar-refractivity contribution in [2.75, 3.05) is 5.32 Å². The Morgan fingerprint density at radius 1 is 1.50 bits per heavy atom. The summed E-state index contributed by atoms with van der Waals surface area (Å²) in [7, 11) is 0. The number of hydrogen-bond acceptors (Lipinski definition) is 3. The second kappa shape index (κ2) is 3.33. The standard InChI is InChI=1S/C11H13NO2/c1-7-3-4-9-10(5-7)14-11(6-13)8(2)12-9/h3-6,8,11-12H,1-2H3. The number of benzene rings is 1. The van der Waals surface area contributed by atoms with Crippen molar-refractivity contribution in [1.29, 1.82) is 0 Å². The van der Waals surface area contributed by atoms with Crippen molar-refractivity contribution < 1.29 is 9.53 Å². The van der Waals surface area contributed by atoms with E-state index in [1.807, 2.05) is 32.0 Å². The lowest BCUT2D eigenvalue weighted by Crippen LogP contribution is -2.40. The predicted octanol–water partition coefficient (Wildman–Crippen LogP) is 1.76. The van der Waals surface area contributed by atoms with E-state index >= 15 is 0 Å². The first-order valence-electron chi connectivity index (χ1n) is 4.70. The van der Waals surface area contributed by atoms with Gasteiger partial charge in [-0.2, -0.15) is 0 Å². The number of anilines is 1. The summed E-state index contributed by atoms with van der Waals surface area (Å²) < 4.78 is 5.54. The van der Waals surface area contributed by atoms with E-state index in [1.165, 1.54) is 0 Å². The second-order valence-electron chi connectivity index (χ2n) is 3.65. The van der Waals surface area contributed by atoms with Gasteiger partial charge in [-0.25, -0.2) is 0 Å². The zero-order chi connectivity index (χ0) is 10.1. The molecule has 0 saturated carbocycles. The highest BCUT2D eigenvalue weighted by atomic mass is 16.5. The molecule has 0 amide bonds. The third-order valence-electron chi connectivity index (χ3n) is 2.41. The topological polar surface area (TPSA) is 38.3 Å². The molecule has 1 aromatic carbocycles. The maximum atomic E-state index is 10.7. The molecule has 1 N–H and O–H groups in total. The van der Waals surface area contributed by atoms with E-state index in [9.17, 15) is 4.79 Å². The average molecular weight is 191 g/mol. The van der Waals surface area contributed by atoms with Crippen LogP contribution in [0.15, 0.2) is 18.2 Å². The van der Waals surface area contributed by atoms with Crippen LogP contribution in [0.3, 0.4) is 0 Å². The molecule has 0 bridgehead atoms. The molecule has 3 nitrogen and oxygen atoms in total. The molecule has 14 heavy (non-hydrogen) atoms. The summed E-state index contributed by atoms with van der Waals surface area (Å²) in [5, 5.41) is 3.23. The van der Waals surface area contributed by atoms with E-state index in [0.29, 0.717) is 0 Å². The molecule has 0 saturated heterocycles. The maximum absolute atomic E-state index is 10.7. The van der Waals surface area contributed by atoms with Gasteiger partial charge in [0, 0.05) is 0 Å². The first-order valence-corrected chi connectivity index (χ1v) is 4.70. The van der Waals surface area contributed by atoms with Gasteiger partial charge in [0.1, 0.15) is 5.75 Å². The van der Waals surface area contributed by atoms with Gasteiger partial charge in [0.25, 0.3) is 0 Å². The van der Waals surface area contributed by atoms with Crippen LogP contribution in [0.25, 0.3) is 0 Å². The molecule has 2 atom stereocenters. The second-order valence-corrected chi connectivity index (χ2v) is 3.65. The highest BCUT2D eigenvalue weighted by Crippen LogP contribution is 2.31. The van der Waals surface area contributed by atoms with Crippen LogP contribution < -0.4 is 10.1 Å². The molecule has 1 aliphatic rings. The summed E-state index contributed by atoms with van der Waals surface area (Å²) in [5.74, 6) is 0.764. The molecule has 1 heterocycles. The summed E-state index contributed by atoms with van der Waals surface area (Å²) in [6.45, 7) is 3.93.